The Bertz CT molecular complexity index is 2430. The van der Waals surface area contributed by atoms with Crippen LogP contribution in [0.1, 0.15) is 101 Å². The Labute approximate surface area is 446 Å². The maximum atomic E-state index is 4.97. The van der Waals surface area contributed by atoms with Gasteiger partial charge in [0.25, 0.3) is 0 Å². The molecular weight excluding hydrogens is 1000 g/mol. The number of thiazole rings is 3. The largest absolute Gasteiger partial charge is 0.452 e. The number of hydrogen-bond donors (Lipinski definition) is 0. The maximum Gasteiger partial charge on any atom is 0.191 e. The standard InChI is InChI=1S/C6H10N2.4C5H7NO.2C5H7NS.3C4H5NO.C4H5NS/c1-5-4-6(2)8(3)7-5;2*1-4-3-7-5(2)6-4;2*1-4-3-6-5(2)7-4;1-4-3-7-5(2)6-4;1-4-3-6-5(2)7-4;1-4-2-6-3-5-4;1-4-2-5-3-6-4;2*1-4-5-2-3-6-4/h4H,1-3H3;6*3H,1-2H3;4*2-3H,1H3. The molecule has 0 amide bonds. The van der Waals surface area contributed by atoms with Crippen LogP contribution in [0.4, 0.5) is 0 Å². The van der Waals surface area contributed by atoms with Gasteiger partial charge in [0, 0.05) is 81.1 Å². The Balaban J connectivity index is 0.000000407. The molecule has 11 heterocycles. The summed E-state index contributed by atoms with van der Waals surface area (Å²) in [6.45, 7) is 34.5. The number of rotatable bonds is 0. The molecule has 0 N–H and O–H groups in total. The highest BCUT2D eigenvalue weighted by atomic mass is 32.1. The van der Waals surface area contributed by atoms with Crippen LogP contribution >= 0.6 is 34.0 Å². The van der Waals surface area contributed by atoms with Crippen LogP contribution in [0.25, 0.3) is 0 Å². The molecule has 0 aromatic carbocycles. The van der Waals surface area contributed by atoms with Gasteiger partial charge in [-0.05, 0) is 96.1 Å². The summed E-state index contributed by atoms with van der Waals surface area (Å²) in [5.41, 5.74) is 6.24. The van der Waals surface area contributed by atoms with Crippen LogP contribution in [0, 0.1) is 125 Å². The molecule has 0 bridgehead atoms. The Hall–Kier alpha value is -7.43. The van der Waals surface area contributed by atoms with Crippen LogP contribution in [0.5, 0.6) is 0 Å². The van der Waals surface area contributed by atoms with E-state index in [0.29, 0.717) is 0 Å². The van der Waals surface area contributed by atoms with Crippen LogP contribution in [0.15, 0.2) is 123 Å². The lowest BCUT2D eigenvalue weighted by Gasteiger charge is -1.87. The van der Waals surface area contributed by atoms with Crippen molar-refractivity contribution in [2.45, 2.75) is 125 Å². The summed E-state index contributed by atoms with van der Waals surface area (Å²) >= 11 is 5.09. The first-order valence-corrected chi connectivity index (χ1v) is 25.3. The molecule has 0 aliphatic heterocycles. The number of oxazole rings is 7. The second-order valence-corrected chi connectivity index (χ2v) is 19.0. The fraction of sp³-hybridized carbons (Fsp3) is 0.365. The second kappa shape index (κ2) is 37.3. The van der Waals surface area contributed by atoms with Crippen molar-refractivity contribution in [3.8, 4) is 0 Å². The maximum absolute atomic E-state index is 4.97. The van der Waals surface area contributed by atoms with E-state index in [1.807, 2.05) is 134 Å². The van der Waals surface area contributed by atoms with Crippen molar-refractivity contribution >= 4 is 34.0 Å². The van der Waals surface area contributed by atoms with Gasteiger partial charge in [0.2, 0.25) is 0 Å². The first-order valence-electron chi connectivity index (χ1n) is 22.7. The summed E-state index contributed by atoms with van der Waals surface area (Å²) in [6, 6.07) is 2.06. The van der Waals surface area contributed by atoms with Crippen molar-refractivity contribution in [2.24, 2.45) is 7.05 Å². The van der Waals surface area contributed by atoms with Crippen molar-refractivity contribution in [2.75, 3.05) is 0 Å². The van der Waals surface area contributed by atoms with Gasteiger partial charge in [-0.2, -0.15) is 5.10 Å². The molecule has 0 saturated heterocycles. The lowest BCUT2D eigenvalue weighted by atomic mass is 10.4. The molecule has 0 radical (unpaired) electrons. The van der Waals surface area contributed by atoms with Crippen LogP contribution in [-0.2, 0) is 7.05 Å². The normalized spacial score (nSPS) is 9.28. The average molecular weight is 1070 g/mol. The molecule has 0 aliphatic rings. The molecule has 0 spiro atoms. The summed E-state index contributed by atoms with van der Waals surface area (Å²) in [6.07, 6.45) is 19.6. The van der Waals surface area contributed by atoms with E-state index in [0.717, 1.165) is 90.2 Å². The topological polar surface area (TPSA) is 239 Å². The van der Waals surface area contributed by atoms with E-state index in [-0.39, 0.29) is 0 Å². The quantitative estimate of drug-likeness (QED) is 0.137. The zero-order chi connectivity index (χ0) is 55.4. The predicted molar refractivity (Wildman–Crippen MR) is 290 cm³/mol. The molecule has 400 valence electrons. The van der Waals surface area contributed by atoms with Gasteiger partial charge in [-0.1, -0.05) is 0 Å². The molecule has 0 fully saturated rings. The van der Waals surface area contributed by atoms with Gasteiger partial charge in [0.1, 0.15) is 42.3 Å². The molecule has 0 aliphatic carbocycles. The third kappa shape index (κ3) is 34.8. The van der Waals surface area contributed by atoms with Crippen LogP contribution in [0.2, 0.25) is 0 Å². The van der Waals surface area contributed by atoms with Gasteiger partial charge in [0.15, 0.2) is 42.2 Å². The third-order valence-corrected chi connectivity index (χ3v) is 10.3. The molecule has 11 rings (SSSR count). The van der Waals surface area contributed by atoms with E-state index in [4.69, 9.17) is 26.5 Å². The predicted octanol–water partition coefficient (Wildman–Crippen LogP) is 14.1. The van der Waals surface area contributed by atoms with Crippen LogP contribution in [-0.4, -0.2) is 59.6 Å². The summed E-state index contributed by atoms with van der Waals surface area (Å²) in [7, 11) is 1.95. The Morgan fingerprint density at radius 3 is 1.18 bits per heavy atom. The number of aryl methyl sites for hydroxylation is 19. The van der Waals surface area contributed by atoms with E-state index in [9.17, 15) is 0 Å². The Morgan fingerprint density at radius 2 is 1.05 bits per heavy atom. The first kappa shape index (κ1) is 64.6. The summed E-state index contributed by atoms with van der Waals surface area (Å²) < 4.78 is 35.6. The zero-order valence-corrected chi connectivity index (χ0v) is 48.6. The van der Waals surface area contributed by atoms with Gasteiger partial charge in [-0.3, -0.25) is 9.67 Å². The minimum Gasteiger partial charge on any atom is -0.452 e. The van der Waals surface area contributed by atoms with E-state index in [1.165, 1.54) is 23.4 Å². The molecule has 11 aromatic rings. The lowest BCUT2D eigenvalue weighted by Crippen LogP contribution is -1.91. The summed E-state index contributed by atoms with van der Waals surface area (Å²) in [5, 5.41) is 11.6. The highest BCUT2D eigenvalue weighted by Gasteiger charge is 1.93. The second-order valence-electron chi connectivity index (χ2n) is 15.4. The first-order chi connectivity index (χ1) is 35.0. The summed E-state index contributed by atoms with van der Waals surface area (Å²) in [4.78, 5) is 40.1. The number of nitrogens with zero attached hydrogens (tertiary/aromatic N) is 12. The van der Waals surface area contributed by atoms with Gasteiger partial charge >= 0.3 is 0 Å². The average Bonchev–Trinajstić information content (AvgIpc) is 4.15. The Kier molecular flexibility index (Phi) is 32.6. The third-order valence-electron chi connectivity index (χ3n) is 7.87. The molecule has 0 atom stereocenters. The van der Waals surface area contributed by atoms with Crippen molar-refractivity contribution in [1.29, 1.82) is 0 Å². The molecule has 0 saturated carbocycles. The highest BCUT2D eigenvalue weighted by Crippen LogP contribution is 2.08. The fourth-order valence-electron chi connectivity index (χ4n) is 4.70. The zero-order valence-electron chi connectivity index (χ0n) is 46.1. The van der Waals surface area contributed by atoms with E-state index in [1.54, 1.807) is 97.0 Å². The SMILES string of the molecule is Cc1cc(C)n(C)n1.Cc1cnc(C)o1.Cc1cnc(C)o1.Cc1cnc(C)s1.Cc1cnco1.Cc1coc(C)n1.Cc1coc(C)n1.Cc1cocn1.Cc1csc(C)n1.Cc1ncco1.Cc1nccs1. The van der Waals surface area contributed by atoms with E-state index in [2.05, 4.69) is 77.7 Å². The van der Waals surface area contributed by atoms with Gasteiger partial charge in [0.05, 0.1) is 62.6 Å². The molecule has 74 heavy (non-hydrogen) atoms. The van der Waals surface area contributed by atoms with Crippen molar-refractivity contribution in [1.82, 2.24) is 59.6 Å². The molecular formula is C52H72N12O7S3. The number of aromatic nitrogens is 12. The van der Waals surface area contributed by atoms with Gasteiger partial charge in [-0.25, -0.2) is 44.9 Å². The van der Waals surface area contributed by atoms with Crippen LogP contribution < -0.4 is 0 Å². The highest BCUT2D eigenvalue weighted by molar-refractivity contribution is 7.11. The van der Waals surface area contributed by atoms with Gasteiger partial charge in [-0.15, -0.1) is 34.0 Å². The van der Waals surface area contributed by atoms with E-state index < -0.39 is 0 Å². The smallest absolute Gasteiger partial charge is 0.191 e. The summed E-state index contributed by atoms with van der Waals surface area (Å²) in [5.74, 6) is 6.25. The van der Waals surface area contributed by atoms with Crippen molar-refractivity contribution in [3.05, 3.63) is 193 Å². The van der Waals surface area contributed by atoms with Crippen molar-refractivity contribution in [3.63, 3.8) is 0 Å². The molecule has 22 heteroatoms. The van der Waals surface area contributed by atoms with Crippen LogP contribution in [0.3, 0.4) is 0 Å². The van der Waals surface area contributed by atoms with Crippen molar-refractivity contribution < 1.29 is 30.9 Å². The monoisotopic (exact) mass is 1070 g/mol. The minimum absolute atomic E-state index is 0.718. The molecule has 19 nitrogen and oxygen atoms in total. The Morgan fingerprint density at radius 1 is 0.446 bits per heavy atom. The van der Waals surface area contributed by atoms with E-state index >= 15 is 0 Å². The molecule has 11 aromatic heterocycles. The lowest BCUT2D eigenvalue weighted by molar-refractivity contribution is 0.494. The fourth-order valence-corrected chi connectivity index (χ4v) is 6.41. The molecule has 0 unspecified atom stereocenters. The van der Waals surface area contributed by atoms with Gasteiger partial charge < -0.3 is 30.9 Å². The number of hydrogen-bond acceptors (Lipinski definition) is 21. The minimum atomic E-state index is 0.718.